The third kappa shape index (κ3) is 6.24. The van der Waals surface area contributed by atoms with Gasteiger partial charge in [-0.3, -0.25) is 9.59 Å². The lowest BCUT2D eigenvalue weighted by Crippen LogP contribution is -2.47. The minimum atomic E-state index is -0.321. The molecule has 0 unspecified atom stereocenters. The molecule has 1 N–H and O–H groups in total. The number of hydrogen-bond acceptors (Lipinski definition) is 3. The van der Waals surface area contributed by atoms with Gasteiger partial charge in [-0.15, -0.1) is 0 Å². The highest BCUT2D eigenvalue weighted by Crippen LogP contribution is 2.22. The smallest absolute Gasteiger partial charge is 0.260 e. The summed E-state index contributed by atoms with van der Waals surface area (Å²) in [6.45, 7) is 5.59. The Bertz CT molecular complexity index is 734. The first-order chi connectivity index (χ1) is 12.2. The molecule has 5 heteroatoms. The van der Waals surface area contributed by atoms with Crippen molar-refractivity contribution in [3.8, 4) is 16.9 Å². The lowest BCUT2D eigenvalue weighted by Gasteiger charge is -2.23. The molecule has 0 saturated carbocycles. The van der Waals surface area contributed by atoms with Crippen LogP contribution in [0.2, 0.25) is 0 Å². The Morgan fingerprint density at radius 3 is 2.12 bits per heavy atom. The lowest BCUT2D eigenvalue weighted by molar-refractivity contribution is -0.136. The van der Waals surface area contributed by atoms with Gasteiger partial charge in [0.15, 0.2) is 6.61 Å². The summed E-state index contributed by atoms with van der Waals surface area (Å²) in [7, 11) is 1.59. The van der Waals surface area contributed by atoms with Gasteiger partial charge >= 0.3 is 0 Å². The maximum Gasteiger partial charge on any atom is 0.260 e. The molecule has 0 fully saturated rings. The van der Waals surface area contributed by atoms with E-state index in [9.17, 15) is 9.59 Å². The van der Waals surface area contributed by atoms with E-state index in [0.717, 1.165) is 11.1 Å². The number of ether oxygens (including phenoxy) is 1. The van der Waals surface area contributed by atoms with Crippen LogP contribution < -0.4 is 10.1 Å². The second-order valence-electron chi connectivity index (χ2n) is 7.23. The van der Waals surface area contributed by atoms with E-state index in [1.165, 1.54) is 4.90 Å². The fourth-order valence-corrected chi connectivity index (χ4v) is 2.39. The van der Waals surface area contributed by atoms with Gasteiger partial charge in [0.1, 0.15) is 5.75 Å². The highest BCUT2D eigenvalue weighted by atomic mass is 16.5. The van der Waals surface area contributed by atoms with Gasteiger partial charge in [0, 0.05) is 12.6 Å². The minimum absolute atomic E-state index is 0.00636. The van der Waals surface area contributed by atoms with Crippen molar-refractivity contribution in [2.24, 2.45) is 0 Å². The number of benzene rings is 2. The van der Waals surface area contributed by atoms with E-state index in [-0.39, 0.29) is 30.5 Å². The molecule has 0 atom stereocenters. The van der Waals surface area contributed by atoms with Gasteiger partial charge in [-0.1, -0.05) is 42.5 Å². The van der Waals surface area contributed by atoms with Gasteiger partial charge in [-0.25, -0.2) is 0 Å². The zero-order chi connectivity index (χ0) is 19.2. The zero-order valence-electron chi connectivity index (χ0n) is 15.8. The summed E-state index contributed by atoms with van der Waals surface area (Å²) in [4.78, 5) is 25.4. The fourth-order valence-electron chi connectivity index (χ4n) is 2.39. The van der Waals surface area contributed by atoms with Crippen molar-refractivity contribution in [1.29, 1.82) is 0 Å². The third-order valence-corrected chi connectivity index (χ3v) is 3.64. The Balaban J connectivity index is 1.84. The molecule has 138 valence electrons. The van der Waals surface area contributed by atoms with Crippen molar-refractivity contribution in [2.45, 2.75) is 26.3 Å². The maximum absolute atomic E-state index is 12.1. The van der Waals surface area contributed by atoms with Crippen LogP contribution in [-0.4, -0.2) is 42.5 Å². The molecule has 26 heavy (non-hydrogen) atoms. The van der Waals surface area contributed by atoms with E-state index in [1.807, 2.05) is 75.4 Å². The van der Waals surface area contributed by atoms with Gasteiger partial charge in [0.25, 0.3) is 5.91 Å². The van der Waals surface area contributed by atoms with E-state index < -0.39 is 0 Å². The van der Waals surface area contributed by atoms with Crippen LogP contribution in [0.15, 0.2) is 54.6 Å². The molecule has 0 heterocycles. The normalized spacial score (nSPS) is 10.9. The van der Waals surface area contributed by atoms with E-state index >= 15 is 0 Å². The summed E-state index contributed by atoms with van der Waals surface area (Å²) in [5, 5.41) is 2.83. The monoisotopic (exact) mass is 354 g/mol. The lowest BCUT2D eigenvalue weighted by atomic mass is 10.1. The number of rotatable bonds is 6. The summed E-state index contributed by atoms with van der Waals surface area (Å²) < 4.78 is 5.54. The van der Waals surface area contributed by atoms with Gasteiger partial charge in [0.2, 0.25) is 5.91 Å². The first-order valence-electron chi connectivity index (χ1n) is 8.58. The predicted molar refractivity (Wildman–Crippen MR) is 103 cm³/mol. The minimum Gasteiger partial charge on any atom is -0.484 e. The van der Waals surface area contributed by atoms with Crippen LogP contribution in [0.1, 0.15) is 20.8 Å². The Labute approximate surface area is 155 Å². The van der Waals surface area contributed by atoms with E-state index in [1.54, 1.807) is 7.05 Å². The number of amides is 2. The Kier molecular flexibility index (Phi) is 6.39. The molecular weight excluding hydrogens is 328 g/mol. The summed E-state index contributed by atoms with van der Waals surface area (Å²) >= 11 is 0. The molecule has 2 amide bonds. The van der Waals surface area contributed by atoms with Crippen LogP contribution in [0.5, 0.6) is 5.75 Å². The van der Waals surface area contributed by atoms with Crippen LogP contribution in [0.4, 0.5) is 0 Å². The van der Waals surface area contributed by atoms with Crippen LogP contribution >= 0.6 is 0 Å². The molecule has 5 nitrogen and oxygen atoms in total. The largest absolute Gasteiger partial charge is 0.484 e. The third-order valence-electron chi connectivity index (χ3n) is 3.64. The fraction of sp³-hybridized carbons (Fsp3) is 0.333. The molecule has 0 aromatic heterocycles. The summed E-state index contributed by atoms with van der Waals surface area (Å²) in [6, 6.07) is 17.6. The van der Waals surface area contributed by atoms with Gasteiger partial charge in [-0.05, 0) is 44.0 Å². The molecule has 0 aliphatic carbocycles. The molecular formula is C21H26N2O3. The number of hydrogen-bond donors (Lipinski definition) is 1. The molecule has 0 bridgehead atoms. The quantitative estimate of drug-likeness (QED) is 0.867. The number of likely N-dealkylation sites (N-methyl/N-ethyl adjacent to an activating group) is 1. The van der Waals surface area contributed by atoms with E-state index in [0.29, 0.717) is 5.75 Å². The maximum atomic E-state index is 12.1. The standard InChI is InChI=1S/C21H26N2O3/c1-21(2,3)22-19(24)14-23(4)20(25)15-26-18-12-10-17(11-13-18)16-8-6-5-7-9-16/h5-13H,14-15H2,1-4H3,(H,22,24). The number of nitrogens with one attached hydrogen (secondary N) is 1. The molecule has 0 spiro atoms. The van der Waals surface area contributed by atoms with Crippen molar-refractivity contribution in [3.05, 3.63) is 54.6 Å². The van der Waals surface area contributed by atoms with Crippen molar-refractivity contribution in [2.75, 3.05) is 20.2 Å². The van der Waals surface area contributed by atoms with E-state index in [4.69, 9.17) is 4.74 Å². The number of carbonyl (C=O) groups excluding carboxylic acids is 2. The molecule has 2 aromatic rings. The highest BCUT2D eigenvalue weighted by Gasteiger charge is 2.18. The zero-order valence-corrected chi connectivity index (χ0v) is 15.8. The summed E-state index contributed by atoms with van der Waals surface area (Å²) in [6.07, 6.45) is 0. The number of carbonyl (C=O) groups is 2. The SMILES string of the molecule is CN(CC(=O)NC(C)(C)C)C(=O)COc1ccc(-c2ccccc2)cc1. The van der Waals surface area contributed by atoms with Crippen molar-refractivity contribution < 1.29 is 14.3 Å². The topological polar surface area (TPSA) is 58.6 Å². The Hall–Kier alpha value is -2.82. The Morgan fingerprint density at radius 2 is 1.54 bits per heavy atom. The second kappa shape index (κ2) is 8.52. The van der Waals surface area contributed by atoms with Crippen LogP contribution in [-0.2, 0) is 9.59 Å². The average molecular weight is 354 g/mol. The molecule has 0 saturated heterocycles. The average Bonchev–Trinajstić information content (AvgIpc) is 2.59. The van der Waals surface area contributed by atoms with Crippen molar-refractivity contribution in [1.82, 2.24) is 10.2 Å². The highest BCUT2D eigenvalue weighted by molar-refractivity contribution is 5.85. The van der Waals surface area contributed by atoms with Crippen LogP contribution in [0.3, 0.4) is 0 Å². The van der Waals surface area contributed by atoms with Crippen molar-refractivity contribution >= 4 is 11.8 Å². The van der Waals surface area contributed by atoms with Gasteiger partial charge in [-0.2, -0.15) is 0 Å². The van der Waals surface area contributed by atoms with Crippen molar-refractivity contribution in [3.63, 3.8) is 0 Å². The molecule has 2 aromatic carbocycles. The molecule has 0 radical (unpaired) electrons. The summed E-state index contributed by atoms with van der Waals surface area (Å²) in [5.41, 5.74) is 1.89. The second-order valence-corrected chi connectivity index (χ2v) is 7.23. The molecule has 2 rings (SSSR count). The van der Waals surface area contributed by atoms with Gasteiger partial charge in [0.05, 0.1) is 6.54 Å². The first kappa shape index (κ1) is 19.5. The van der Waals surface area contributed by atoms with E-state index in [2.05, 4.69) is 5.32 Å². The predicted octanol–water partition coefficient (Wildman–Crippen LogP) is 3.11. The Morgan fingerprint density at radius 1 is 0.962 bits per heavy atom. The first-order valence-corrected chi connectivity index (χ1v) is 8.58. The molecule has 0 aliphatic heterocycles. The van der Waals surface area contributed by atoms with Gasteiger partial charge < -0.3 is 15.0 Å². The number of nitrogens with zero attached hydrogens (tertiary/aromatic N) is 1. The van der Waals surface area contributed by atoms with Crippen LogP contribution in [0.25, 0.3) is 11.1 Å². The van der Waals surface area contributed by atoms with Crippen LogP contribution in [0, 0.1) is 0 Å². The summed E-state index contributed by atoms with van der Waals surface area (Å²) in [5.74, 6) is 0.173. The molecule has 0 aliphatic rings.